The highest BCUT2D eigenvalue weighted by Crippen LogP contribution is 2.19. The van der Waals surface area contributed by atoms with Crippen LogP contribution in [0.3, 0.4) is 0 Å². The standard InChI is InChI=1S/C12H21N3/c1-2-3-4-7-15-10-13-8-12(15)9-14-11-5-6-11/h8,10-11,14H,2-7,9H2,1H3. The van der Waals surface area contributed by atoms with Crippen molar-refractivity contribution in [1.82, 2.24) is 14.9 Å². The molecule has 0 unspecified atom stereocenters. The molecular weight excluding hydrogens is 186 g/mol. The van der Waals surface area contributed by atoms with Crippen molar-refractivity contribution in [2.45, 2.75) is 58.2 Å². The number of hydrogen-bond donors (Lipinski definition) is 1. The number of nitrogens with one attached hydrogen (secondary N) is 1. The maximum absolute atomic E-state index is 4.22. The van der Waals surface area contributed by atoms with Crippen LogP contribution in [-0.4, -0.2) is 15.6 Å². The van der Waals surface area contributed by atoms with E-state index in [-0.39, 0.29) is 0 Å². The van der Waals surface area contributed by atoms with Crippen LogP contribution < -0.4 is 5.32 Å². The van der Waals surface area contributed by atoms with Crippen LogP contribution in [0, 0.1) is 0 Å². The molecule has 0 saturated heterocycles. The molecule has 0 aromatic carbocycles. The van der Waals surface area contributed by atoms with Crippen LogP contribution in [0.15, 0.2) is 12.5 Å². The van der Waals surface area contributed by atoms with E-state index in [0.717, 1.165) is 19.1 Å². The normalized spacial score (nSPS) is 15.8. The molecule has 1 aliphatic rings. The van der Waals surface area contributed by atoms with Gasteiger partial charge in [0, 0.05) is 25.3 Å². The van der Waals surface area contributed by atoms with E-state index in [0.29, 0.717) is 0 Å². The first kappa shape index (κ1) is 10.7. The first-order chi connectivity index (χ1) is 7.40. The maximum atomic E-state index is 4.22. The summed E-state index contributed by atoms with van der Waals surface area (Å²) in [5, 5.41) is 3.53. The zero-order chi connectivity index (χ0) is 10.5. The molecule has 1 fully saturated rings. The summed E-state index contributed by atoms with van der Waals surface area (Å²) in [6.07, 6.45) is 10.5. The average molecular weight is 207 g/mol. The highest BCUT2D eigenvalue weighted by atomic mass is 15.1. The van der Waals surface area contributed by atoms with Gasteiger partial charge in [-0.05, 0) is 19.3 Å². The van der Waals surface area contributed by atoms with Gasteiger partial charge in [0.1, 0.15) is 0 Å². The van der Waals surface area contributed by atoms with Crippen LogP contribution in [0.25, 0.3) is 0 Å². The van der Waals surface area contributed by atoms with Crippen molar-refractivity contribution >= 4 is 0 Å². The van der Waals surface area contributed by atoms with Crippen molar-refractivity contribution in [3.63, 3.8) is 0 Å². The van der Waals surface area contributed by atoms with Gasteiger partial charge in [0.15, 0.2) is 0 Å². The highest BCUT2D eigenvalue weighted by molar-refractivity contribution is 4.99. The fourth-order valence-corrected chi connectivity index (χ4v) is 1.77. The minimum atomic E-state index is 0.781. The first-order valence-electron chi connectivity index (χ1n) is 6.12. The number of hydrogen-bond acceptors (Lipinski definition) is 2. The van der Waals surface area contributed by atoms with Gasteiger partial charge in [-0.15, -0.1) is 0 Å². The fourth-order valence-electron chi connectivity index (χ4n) is 1.77. The van der Waals surface area contributed by atoms with Crippen LogP contribution >= 0.6 is 0 Å². The molecule has 1 aliphatic carbocycles. The molecular formula is C12H21N3. The van der Waals surface area contributed by atoms with Crippen molar-refractivity contribution in [3.05, 3.63) is 18.2 Å². The van der Waals surface area contributed by atoms with E-state index >= 15 is 0 Å². The van der Waals surface area contributed by atoms with Gasteiger partial charge in [-0.1, -0.05) is 19.8 Å². The Bertz CT molecular complexity index is 289. The molecule has 0 atom stereocenters. The molecule has 15 heavy (non-hydrogen) atoms. The third-order valence-electron chi connectivity index (χ3n) is 2.95. The van der Waals surface area contributed by atoms with E-state index in [1.807, 2.05) is 12.5 Å². The van der Waals surface area contributed by atoms with Crippen LogP contribution in [0.5, 0.6) is 0 Å². The summed E-state index contributed by atoms with van der Waals surface area (Å²) in [5.74, 6) is 0. The third kappa shape index (κ3) is 3.34. The molecule has 1 aromatic rings. The number of rotatable bonds is 7. The molecule has 1 saturated carbocycles. The van der Waals surface area contributed by atoms with Gasteiger partial charge in [0.05, 0.1) is 12.0 Å². The van der Waals surface area contributed by atoms with Gasteiger partial charge in [0.25, 0.3) is 0 Å². The Kier molecular flexibility index (Phi) is 3.78. The minimum Gasteiger partial charge on any atom is -0.333 e. The Hall–Kier alpha value is -0.830. The molecule has 84 valence electrons. The predicted octanol–water partition coefficient (Wildman–Crippen LogP) is 2.33. The number of imidazole rings is 1. The van der Waals surface area contributed by atoms with Crippen molar-refractivity contribution in [2.24, 2.45) is 0 Å². The van der Waals surface area contributed by atoms with Crippen molar-refractivity contribution in [2.75, 3.05) is 0 Å². The van der Waals surface area contributed by atoms with E-state index in [1.54, 1.807) is 0 Å². The van der Waals surface area contributed by atoms with E-state index < -0.39 is 0 Å². The molecule has 3 heteroatoms. The zero-order valence-corrected chi connectivity index (χ0v) is 9.58. The Morgan fingerprint density at radius 2 is 2.33 bits per heavy atom. The van der Waals surface area contributed by atoms with E-state index in [1.165, 1.54) is 37.8 Å². The van der Waals surface area contributed by atoms with Crippen molar-refractivity contribution in [3.8, 4) is 0 Å². The Labute approximate surface area is 91.9 Å². The quantitative estimate of drug-likeness (QED) is 0.695. The summed E-state index contributed by atoms with van der Waals surface area (Å²) >= 11 is 0. The summed E-state index contributed by atoms with van der Waals surface area (Å²) in [4.78, 5) is 4.22. The van der Waals surface area contributed by atoms with Gasteiger partial charge in [-0.3, -0.25) is 0 Å². The molecule has 0 bridgehead atoms. The van der Waals surface area contributed by atoms with Gasteiger partial charge in [0.2, 0.25) is 0 Å². The lowest BCUT2D eigenvalue weighted by Crippen LogP contribution is -2.18. The second kappa shape index (κ2) is 5.31. The Balaban J connectivity index is 1.78. The topological polar surface area (TPSA) is 29.9 Å². The second-order valence-electron chi connectivity index (χ2n) is 4.44. The molecule has 0 amide bonds. The van der Waals surface area contributed by atoms with Gasteiger partial charge in [-0.25, -0.2) is 4.98 Å². The molecule has 1 N–H and O–H groups in total. The van der Waals surface area contributed by atoms with Crippen LogP contribution in [-0.2, 0) is 13.1 Å². The Morgan fingerprint density at radius 3 is 3.07 bits per heavy atom. The molecule has 0 radical (unpaired) electrons. The van der Waals surface area contributed by atoms with E-state index in [9.17, 15) is 0 Å². The lowest BCUT2D eigenvalue weighted by Gasteiger charge is -2.08. The smallest absolute Gasteiger partial charge is 0.0948 e. The summed E-state index contributed by atoms with van der Waals surface area (Å²) in [6.45, 7) is 4.34. The minimum absolute atomic E-state index is 0.781. The van der Waals surface area contributed by atoms with Crippen LogP contribution in [0.2, 0.25) is 0 Å². The lowest BCUT2D eigenvalue weighted by molar-refractivity contribution is 0.563. The zero-order valence-electron chi connectivity index (χ0n) is 9.58. The van der Waals surface area contributed by atoms with Gasteiger partial charge >= 0.3 is 0 Å². The molecule has 0 aliphatic heterocycles. The summed E-state index contributed by atoms with van der Waals surface area (Å²) in [5.41, 5.74) is 1.33. The van der Waals surface area contributed by atoms with Crippen LogP contribution in [0.4, 0.5) is 0 Å². The summed E-state index contributed by atoms with van der Waals surface area (Å²) < 4.78 is 2.28. The summed E-state index contributed by atoms with van der Waals surface area (Å²) in [7, 11) is 0. The average Bonchev–Trinajstić information content (AvgIpc) is 2.97. The Morgan fingerprint density at radius 1 is 1.47 bits per heavy atom. The number of unbranched alkanes of at least 4 members (excludes halogenated alkanes) is 2. The number of aromatic nitrogens is 2. The second-order valence-corrected chi connectivity index (χ2v) is 4.44. The molecule has 1 heterocycles. The van der Waals surface area contributed by atoms with Crippen LogP contribution in [0.1, 0.15) is 44.7 Å². The SMILES string of the molecule is CCCCCn1cncc1CNC1CC1. The van der Waals surface area contributed by atoms with Crippen molar-refractivity contribution in [1.29, 1.82) is 0 Å². The molecule has 2 rings (SSSR count). The van der Waals surface area contributed by atoms with E-state index in [2.05, 4.69) is 21.8 Å². The summed E-state index contributed by atoms with van der Waals surface area (Å²) in [6, 6.07) is 0.781. The highest BCUT2D eigenvalue weighted by Gasteiger charge is 2.20. The fraction of sp³-hybridized carbons (Fsp3) is 0.750. The van der Waals surface area contributed by atoms with Crippen molar-refractivity contribution < 1.29 is 0 Å². The monoisotopic (exact) mass is 207 g/mol. The molecule has 3 nitrogen and oxygen atoms in total. The van der Waals surface area contributed by atoms with E-state index in [4.69, 9.17) is 0 Å². The molecule has 1 aromatic heterocycles. The molecule has 0 spiro atoms. The lowest BCUT2D eigenvalue weighted by atomic mass is 10.2. The number of aryl methyl sites for hydroxylation is 1. The largest absolute Gasteiger partial charge is 0.333 e. The first-order valence-corrected chi connectivity index (χ1v) is 6.12. The third-order valence-corrected chi connectivity index (χ3v) is 2.95. The maximum Gasteiger partial charge on any atom is 0.0948 e. The van der Waals surface area contributed by atoms with Gasteiger partial charge in [-0.2, -0.15) is 0 Å². The number of nitrogens with zero attached hydrogens (tertiary/aromatic N) is 2. The van der Waals surface area contributed by atoms with Gasteiger partial charge < -0.3 is 9.88 Å². The predicted molar refractivity (Wildman–Crippen MR) is 61.6 cm³/mol.